The lowest BCUT2D eigenvalue weighted by molar-refractivity contribution is -0.136. The maximum Gasteiger partial charge on any atom is 0.336 e. The van der Waals surface area contributed by atoms with E-state index < -0.39 is 5.63 Å². The monoisotopic (exact) mass is 274 g/mol. The van der Waals surface area contributed by atoms with E-state index in [4.69, 9.17) is 9.15 Å². The Hall–Kier alpha value is -2.10. The van der Waals surface area contributed by atoms with Crippen molar-refractivity contribution in [1.29, 1.82) is 0 Å². The zero-order valence-corrected chi connectivity index (χ0v) is 12.1. The smallest absolute Gasteiger partial charge is 0.336 e. The van der Waals surface area contributed by atoms with Crippen LogP contribution >= 0.6 is 0 Å². The van der Waals surface area contributed by atoms with Gasteiger partial charge in [0.15, 0.2) is 0 Å². The number of esters is 1. The van der Waals surface area contributed by atoms with Gasteiger partial charge in [-0.05, 0) is 30.0 Å². The first-order valence-electron chi connectivity index (χ1n) is 6.50. The molecule has 0 saturated heterocycles. The number of hydrogen-bond donors (Lipinski definition) is 0. The Kier molecular flexibility index (Phi) is 3.66. The van der Waals surface area contributed by atoms with Crippen LogP contribution in [0.25, 0.3) is 11.0 Å². The van der Waals surface area contributed by atoms with Crippen molar-refractivity contribution >= 4 is 16.9 Å². The molecule has 2 rings (SSSR count). The van der Waals surface area contributed by atoms with E-state index in [9.17, 15) is 9.59 Å². The lowest BCUT2D eigenvalue weighted by Gasteiger charge is -2.16. The summed E-state index contributed by atoms with van der Waals surface area (Å²) in [7, 11) is 0. The number of fused-ring (bicyclic) bond motifs is 1. The summed E-state index contributed by atoms with van der Waals surface area (Å²) in [6.45, 7) is 7.75. The first-order chi connectivity index (χ1) is 9.24. The second-order valence-electron chi connectivity index (χ2n) is 6.12. The predicted molar refractivity (Wildman–Crippen MR) is 76.9 cm³/mol. The molecule has 0 spiro atoms. The molecule has 1 aromatic carbocycles. The van der Waals surface area contributed by atoms with Crippen LogP contribution in [-0.2, 0) is 4.79 Å². The molecule has 0 saturated carbocycles. The predicted octanol–water partition coefficient (Wildman–Crippen LogP) is 3.44. The Labute approximate surface area is 117 Å². The van der Waals surface area contributed by atoms with Crippen LogP contribution in [0.3, 0.4) is 0 Å². The summed E-state index contributed by atoms with van der Waals surface area (Å²) in [5.74, 6) is 0.0901. The number of ether oxygens (including phenoxy) is 1. The van der Waals surface area contributed by atoms with Crippen molar-refractivity contribution in [1.82, 2.24) is 0 Å². The molecule has 0 atom stereocenters. The standard InChI is InChI=1S/C16H18O4/c1-10-7-14(17)20-13-8-11(5-6-12(10)13)19-15(18)9-16(2,3)4/h5-8H,9H2,1-4H3. The van der Waals surface area contributed by atoms with Crippen LogP contribution in [0.5, 0.6) is 5.75 Å². The van der Waals surface area contributed by atoms with Gasteiger partial charge in [-0.2, -0.15) is 0 Å². The highest BCUT2D eigenvalue weighted by atomic mass is 16.5. The molecule has 20 heavy (non-hydrogen) atoms. The fraction of sp³-hybridized carbons (Fsp3) is 0.375. The van der Waals surface area contributed by atoms with E-state index >= 15 is 0 Å². The minimum atomic E-state index is -0.409. The quantitative estimate of drug-likeness (QED) is 0.478. The molecule has 1 heterocycles. The van der Waals surface area contributed by atoms with Crippen molar-refractivity contribution in [3.05, 3.63) is 40.2 Å². The van der Waals surface area contributed by atoms with Crippen molar-refractivity contribution in [3.63, 3.8) is 0 Å². The Morgan fingerprint density at radius 3 is 2.60 bits per heavy atom. The van der Waals surface area contributed by atoms with Gasteiger partial charge in [0.05, 0.1) is 6.42 Å². The van der Waals surface area contributed by atoms with Crippen molar-refractivity contribution < 1.29 is 13.9 Å². The van der Waals surface area contributed by atoms with E-state index in [0.717, 1.165) is 10.9 Å². The summed E-state index contributed by atoms with van der Waals surface area (Å²) >= 11 is 0. The summed E-state index contributed by atoms with van der Waals surface area (Å²) < 4.78 is 10.4. The maximum absolute atomic E-state index is 11.8. The Bertz CT molecular complexity index is 704. The first kappa shape index (κ1) is 14.3. The normalized spacial score (nSPS) is 11.6. The number of hydrogen-bond acceptors (Lipinski definition) is 4. The van der Waals surface area contributed by atoms with E-state index in [-0.39, 0.29) is 11.4 Å². The summed E-state index contributed by atoms with van der Waals surface area (Å²) in [5, 5.41) is 0.834. The Balaban J connectivity index is 2.28. The van der Waals surface area contributed by atoms with Crippen LogP contribution in [-0.4, -0.2) is 5.97 Å². The van der Waals surface area contributed by atoms with Crippen LogP contribution in [0.1, 0.15) is 32.8 Å². The molecule has 0 aliphatic rings. The largest absolute Gasteiger partial charge is 0.426 e. The van der Waals surface area contributed by atoms with Crippen LogP contribution in [0.4, 0.5) is 0 Å². The summed E-state index contributed by atoms with van der Waals surface area (Å²) in [6.07, 6.45) is 0.322. The molecule has 106 valence electrons. The summed E-state index contributed by atoms with van der Waals surface area (Å²) in [6, 6.07) is 6.50. The highest BCUT2D eigenvalue weighted by Crippen LogP contribution is 2.24. The molecule has 0 N–H and O–H groups in total. The first-order valence-corrected chi connectivity index (χ1v) is 6.50. The fourth-order valence-electron chi connectivity index (χ4n) is 1.97. The SMILES string of the molecule is Cc1cc(=O)oc2cc(OC(=O)CC(C)(C)C)ccc12. The fourth-order valence-corrected chi connectivity index (χ4v) is 1.97. The van der Waals surface area contributed by atoms with Gasteiger partial charge in [0, 0.05) is 17.5 Å². The maximum atomic E-state index is 11.8. The van der Waals surface area contributed by atoms with E-state index in [2.05, 4.69) is 0 Å². The molecular weight excluding hydrogens is 256 g/mol. The average molecular weight is 274 g/mol. The Morgan fingerprint density at radius 1 is 1.25 bits per heavy atom. The number of rotatable bonds is 2. The van der Waals surface area contributed by atoms with Gasteiger partial charge >= 0.3 is 11.6 Å². The highest BCUT2D eigenvalue weighted by Gasteiger charge is 2.18. The second kappa shape index (κ2) is 5.12. The van der Waals surface area contributed by atoms with Crippen LogP contribution in [0, 0.1) is 12.3 Å². The zero-order chi connectivity index (χ0) is 14.9. The van der Waals surface area contributed by atoms with E-state index in [1.165, 1.54) is 6.07 Å². The van der Waals surface area contributed by atoms with Crippen LogP contribution < -0.4 is 10.4 Å². The molecule has 0 amide bonds. The lowest BCUT2D eigenvalue weighted by atomic mass is 9.92. The van der Waals surface area contributed by atoms with Crippen molar-refractivity contribution in [2.24, 2.45) is 5.41 Å². The van der Waals surface area contributed by atoms with Gasteiger partial charge in [-0.3, -0.25) is 4.79 Å². The summed E-state index contributed by atoms with van der Waals surface area (Å²) in [5.41, 5.74) is 0.727. The molecule has 0 bridgehead atoms. The average Bonchev–Trinajstić information content (AvgIpc) is 2.24. The number of aryl methyl sites for hydroxylation is 1. The number of benzene rings is 1. The van der Waals surface area contributed by atoms with Gasteiger partial charge in [-0.15, -0.1) is 0 Å². The molecule has 2 aromatic rings. The van der Waals surface area contributed by atoms with Gasteiger partial charge < -0.3 is 9.15 Å². The summed E-state index contributed by atoms with van der Waals surface area (Å²) in [4.78, 5) is 23.1. The topological polar surface area (TPSA) is 56.5 Å². The molecule has 0 radical (unpaired) electrons. The minimum absolute atomic E-state index is 0.128. The molecule has 0 fully saturated rings. The van der Waals surface area contributed by atoms with Crippen LogP contribution in [0.15, 0.2) is 33.5 Å². The third kappa shape index (κ3) is 3.47. The van der Waals surface area contributed by atoms with Gasteiger partial charge in [-0.25, -0.2) is 4.79 Å². The highest BCUT2D eigenvalue weighted by molar-refractivity contribution is 5.82. The second-order valence-corrected chi connectivity index (χ2v) is 6.12. The van der Waals surface area contributed by atoms with Gasteiger partial charge in [0.25, 0.3) is 0 Å². The van der Waals surface area contributed by atoms with Crippen LogP contribution in [0.2, 0.25) is 0 Å². The third-order valence-electron chi connectivity index (χ3n) is 2.83. The molecule has 4 heteroatoms. The van der Waals surface area contributed by atoms with E-state index in [1.54, 1.807) is 18.2 Å². The molecule has 0 unspecified atom stereocenters. The third-order valence-corrected chi connectivity index (χ3v) is 2.83. The van der Waals surface area contributed by atoms with E-state index in [0.29, 0.717) is 17.8 Å². The molecule has 0 aliphatic carbocycles. The molecular formula is C16H18O4. The zero-order valence-electron chi connectivity index (χ0n) is 12.1. The van der Waals surface area contributed by atoms with Crippen molar-refractivity contribution in [2.45, 2.75) is 34.1 Å². The molecule has 4 nitrogen and oxygen atoms in total. The van der Waals surface area contributed by atoms with Gasteiger partial charge in [0.2, 0.25) is 0 Å². The molecule has 0 aliphatic heterocycles. The van der Waals surface area contributed by atoms with Gasteiger partial charge in [0.1, 0.15) is 11.3 Å². The molecule has 1 aromatic heterocycles. The lowest BCUT2D eigenvalue weighted by Crippen LogP contribution is -2.17. The minimum Gasteiger partial charge on any atom is -0.426 e. The number of carbonyl (C=O) groups is 1. The number of carbonyl (C=O) groups excluding carboxylic acids is 1. The van der Waals surface area contributed by atoms with E-state index in [1.807, 2.05) is 27.7 Å². The Morgan fingerprint density at radius 2 is 1.95 bits per heavy atom. The van der Waals surface area contributed by atoms with Crippen molar-refractivity contribution in [3.8, 4) is 5.75 Å². The van der Waals surface area contributed by atoms with Crippen molar-refractivity contribution in [2.75, 3.05) is 0 Å². The van der Waals surface area contributed by atoms with Gasteiger partial charge in [-0.1, -0.05) is 20.8 Å².